The zero-order valence-electron chi connectivity index (χ0n) is 13.2. The molecule has 6 nitrogen and oxygen atoms in total. The van der Waals surface area contributed by atoms with Crippen LogP contribution in [-0.4, -0.2) is 66.0 Å². The normalized spacial score (nSPS) is 19.7. The van der Waals surface area contributed by atoms with Gasteiger partial charge in [-0.2, -0.15) is 0 Å². The van der Waals surface area contributed by atoms with Gasteiger partial charge in [-0.3, -0.25) is 9.59 Å². The van der Waals surface area contributed by atoms with Gasteiger partial charge in [0, 0.05) is 37.7 Å². The van der Waals surface area contributed by atoms with Gasteiger partial charge in [-0.25, -0.2) is 0 Å². The van der Waals surface area contributed by atoms with Gasteiger partial charge in [0.1, 0.15) is 5.75 Å². The first kappa shape index (κ1) is 15.8. The van der Waals surface area contributed by atoms with Crippen LogP contribution in [0.3, 0.4) is 0 Å². The summed E-state index contributed by atoms with van der Waals surface area (Å²) in [6.45, 7) is 4.09. The van der Waals surface area contributed by atoms with Crippen LogP contribution in [0.25, 0.3) is 0 Å². The molecule has 0 saturated carbocycles. The van der Waals surface area contributed by atoms with Gasteiger partial charge in [0.2, 0.25) is 5.91 Å². The zero-order chi connectivity index (χ0) is 16.2. The summed E-state index contributed by atoms with van der Waals surface area (Å²) in [5.41, 5.74) is 0.489. The number of aromatic hydroxyl groups is 1. The van der Waals surface area contributed by atoms with E-state index in [2.05, 4.69) is 5.32 Å². The van der Waals surface area contributed by atoms with Crippen molar-refractivity contribution in [1.82, 2.24) is 15.1 Å². The van der Waals surface area contributed by atoms with E-state index in [4.69, 9.17) is 0 Å². The SMILES string of the molecule is O=C(c1cccc(O)c1)N1CCN(C(=O)C2CCNCC2)CC1. The first-order chi connectivity index (χ1) is 11.1. The summed E-state index contributed by atoms with van der Waals surface area (Å²) in [7, 11) is 0. The number of nitrogens with zero attached hydrogens (tertiary/aromatic N) is 2. The lowest BCUT2D eigenvalue weighted by Crippen LogP contribution is -2.52. The highest BCUT2D eigenvalue weighted by Crippen LogP contribution is 2.18. The second-order valence-electron chi connectivity index (χ2n) is 6.19. The van der Waals surface area contributed by atoms with Crippen LogP contribution in [0, 0.1) is 5.92 Å². The Bertz CT molecular complexity index is 576. The number of phenolic OH excluding ortho intramolecular Hbond substituents is 1. The minimum Gasteiger partial charge on any atom is -0.508 e. The van der Waals surface area contributed by atoms with Gasteiger partial charge in [-0.05, 0) is 44.1 Å². The monoisotopic (exact) mass is 317 g/mol. The number of phenols is 1. The first-order valence-electron chi connectivity index (χ1n) is 8.23. The summed E-state index contributed by atoms with van der Waals surface area (Å²) in [5, 5.41) is 12.8. The summed E-state index contributed by atoms with van der Waals surface area (Å²) in [4.78, 5) is 28.6. The number of piperazine rings is 1. The molecule has 2 aliphatic rings. The largest absolute Gasteiger partial charge is 0.508 e. The fourth-order valence-corrected chi connectivity index (χ4v) is 3.28. The van der Waals surface area contributed by atoms with Crippen LogP contribution >= 0.6 is 0 Å². The second-order valence-corrected chi connectivity index (χ2v) is 6.19. The Labute approximate surface area is 136 Å². The minimum absolute atomic E-state index is 0.0881. The summed E-state index contributed by atoms with van der Waals surface area (Å²) in [5.74, 6) is 0.367. The Hall–Kier alpha value is -2.08. The zero-order valence-corrected chi connectivity index (χ0v) is 13.2. The number of carbonyl (C=O) groups excluding carboxylic acids is 2. The molecule has 23 heavy (non-hydrogen) atoms. The highest BCUT2D eigenvalue weighted by atomic mass is 16.3. The molecule has 6 heteroatoms. The molecule has 0 spiro atoms. The van der Waals surface area contributed by atoms with E-state index in [1.165, 1.54) is 6.07 Å². The van der Waals surface area contributed by atoms with Crippen molar-refractivity contribution in [3.8, 4) is 5.75 Å². The molecule has 0 aliphatic carbocycles. The number of nitrogens with one attached hydrogen (secondary N) is 1. The molecule has 1 aromatic rings. The average molecular weight is 317 g/mol. The highest BCUT2D eigenvalue weighted by Gasteiger charge is 2.29. The third-order valence-corrected chi connectivity index (χ3v) is 4.66. The summed E-state index contributed by atoms with van der Waals surface area (Å²) in [6.07, 6.45) is 1.81. The number of rotatable bonds is 2. The van der Waals surface area contributed by atoms with Crippen molar-refractivity contribution >= 4 is 11.8 Å². The van der Waals surface area contributed by atoms with E-state index in [1.54, 1.807) is 23.1 Å². The van der Waals surface area contributed by atoms with E-state index >= 15 is 0 Å². The van der Waals surface area contributed by atoms with E-state index in [1.807, 2.05) is 4.90 Å². The molecule has 0 atom stereocenters. The molecule has 0 bridgehead atoms. The fourth-order valence-electron chi connectivity index (χ4n) is 3.28. The lowest BCUT2D eigenvalue weighted by atomic mass is 9.96. The second kappa shape index (κ2) is 7.00. The van der Waals surface area contributed by atoms with Crippen molar-refractivity contribution in [2.45, 2.75) is 12.8 Å². The molecular formula is C17H23N3O3. The summed E-state index contributed by atoms with van der Waals surface area (Å²) < 4.78 is 0. The lowest BCUT2D eigenvalue weighted by molar-refractivity contribution is -0.137. The number of benzene rings is 1. The fraction of sp³-hybridized carbons (Fsp3) is 0.529. The van der Waals surface area contributed by atoms with Crippen molar-refractivity contribution in [3.63, 3.8) is 0 Å². The Morgan fingerprint density at radius 1 is 1.04 bits per heavy atom. The maximum absolute atomic E-state index is 12.5. The lowest BCUT2D eigenvalue weighted by Gasteiger charge is -2.37. The molecular weight excluding hydrogens is 294 g/mol. The molecule has 2 saturated heterocycles. The van der Waals surface area contributed by atoms with Gasteiger partial charge in [-0.15, -0.1) is 0 Å². The van der Waals surface area contributed by atoms with Crippen LogP contribution in [0.2, 0.25) is 0 Å². The molecule has 2 N–H and O–H groups in total. The van der Waals surface area contributed by atoms with Crippen LogP contribution in [0.1, 0.15) is 23.2 Å². The average Bonchev–Trinajstić information content (AvgIpc) is 2.61. The predicted octanol–water partition coefficient (Wildman–Crippen LogP) is 0.676. The Balaban J connectivity index is 1.55. The molecule has 0 unspecified atom stereocenters. The molecule has 2 amide bonds. The molecule has 2 aliphatic heterocycles. The van der Waals surface area contributed by atoms with Crippen molar-refractivity contribution in [3.05, 3.63) is 29.8 Å². The number of hydrogen-bond donors (Lipinski definition) is 2. The van der Waals surface area contributed by atoms with Gasteiger partial charge in [0.15, 0.2) is 0 Å². The van der Waals surface area contributed by atoms with E-state index in [0.717, 1.165) is 25.9 Å². The van der Waals surface area contributed by atoms with Crippen molar-refractivity contribution in [2.75, 3.05) is 39.3 Å². The third kappa shape index (κ3) is 3.64. The maximum Gasteiger partial charge on any atom is 0.254 e. The third-order valence-electron chi connectivity index (χ3n) is 4.66. The van der Waals surface area contributed by atoms with E-state index in [9.17, 15) is 14.7 Å². The molecule has 2 heterocycles. The Kier molecular flexibility index (Phi) is 4.81. The van der Waals surface area contributed by atoms with Crippen molar-refractivity contribution < 1.29 is 14.7 Å². The molecule has 2 fully saturated rings. The van der Waals surface area contributed by atoms with Gasteiger partial charge < -0.3 is 20.2 Å². The van der Waals surface area contributed by atoms with E-state index in [-0.39, 0.29) is 23.5 Å². The number of carbonyl (C=O) groups is 2. The van der Waals surface area contributed by atoms with Gasteiger partial charge in [0.05, 0.1) is 0 Å². The van der Waals surface area contributed by atoms with Crippen LogP contribution in [0.4, 0.5) is 0 Å². The smallest absolute Gasteiger partial charge is 0.254 e. The number of amides is 2. The van der Waals surface area contributed by atoms with Crippen LogP contribution in [-0.2, 0) is 4.79 Å². The Morgan fingerprint density at radius 2 is 1.70 bits per heavy atom. The highest BCUT2D eigenvalue weighted by molar-refractivity contribution is 5.94. The number of hydrogen-bond acceptors (Lipinski definition) is 4. The summed E-state index contributed by atoms with van der Waals surface area (Å²) in [6, 6.07) is 6.40. The van der Waals surface area contributed by atoms with E-state index < -0.39 is 0 Å². The molecule has 0 radical (unpaired) electrons. The maximum atomic E-state index is 12.5. The minimum atomic E-state index is -0.0881. The molecule has 0 aromatic heterocycles. The van der Waals surface area contributed by atoms with E-state index in [0.29, 0.717) is 31.7 Å². The van der Waals surface area contributed by atoms with Crippen molar-refractivity contribution in [1.29, 1.82) is 0 Å². The van der Waals surface area contributed by atoms with Crippen LogP contribution in [0.5, 0.6) is 5.75 Å². The van der Waals surface area contributed by atoms with Crippen LogP contribution < -0.4 is 5.32 Å². The predicted molar refractivity (Wildman–Crippen MR) is 86.2 cm³/mol. The van der Waals surface area contributed by atoms with Gasteiger partial charge >= 0.3 is 0 Å². The number of piperidine rings is 1. The topological polar surface area (TPSA) is 72.9 Å². The molecule has 1 aromatic carbocycles. The quantitative estimate of drug-likeness (QED) is 0.841. The summed E-state index contributed by atoms with van der Waals surface area (Å²) >= 11 is 0. The van der Waals surface area contributed by atoms with Crippen molar-refractivity contribution in [2.24, 2.45) is 5.92 Å². The Morgan fingerprint density at radius 3 is 2.35 bits per heavy atom. The standard InChI is InChI=1S/C17H23N3O3/c21-15-3-1-2-14(12-15)17(23)20-10-8-19(9-11-20)16(22)13-4-6-18-7-5-13/h1-3,12-13,18,21H,4-11H2. The van der Waals surface area contributed by atoms with Gasteiger partial charge in [-0.1, -0.05) is 6.07 Å². The first-order valence-corrected chi connectivity index (χ1v) is 8.23. The molecule has 124 valence electrons. The van der Waals surface area contributed by atoms with Gasteiger partial charge in [0.25, 0.3) is 5.91 Å². The van der Waals surface area contributed by atoms with Crippen LogP contribution in [0.15, 0.2) is 24.3 Å². The molecule has 3 rings (SSSR count).